The zero-order valence-electron chi connectivity index (χ0n) is 10.2. The van der Waals surface area contributed by atoms with Crippen LogP contribution in [0.4, 0.5) is 0 Å². The standard InChI is InChI=1S/C13H21N3/c1-10-3-4-12(7-10)8-16-11(2)13-9-14-5-6-15-13/h5-6,9-12,16H,3-4,7-8H2,1-2H3. The zero-order chi connectivity index (χ0) is 11.4. The summed E-state index contributed by atoms with van der Waals surface area (Å²) in [6, 6.07) is 0.310. The Morgan fingerprint density at radius 1 is 1.44 bits per heavy atom. The van der Waals surface area contributed by atoms with Crippen LogP contribution in [0.1, 0.15) is 44.8 Å². The molecule has 1 heterocycles. The topological polar surface area (TPSA) is 37.8 Å². The van der Waals surface area contributed by atoms with E-state index < -0.39 is 0 Å². The maximum Gasteiger partial charge on any atom is 0.0753 e. The lowest BCUT2D eigenvalue weighted by Gasteiger charge is -2.16. The Bertz CT molecular complexity index is 312. The summed E-state index contributed by atoms with van der Waals surface area (Å²) in [6.45, 7) is 5.62. The highest BCUT2D eigenvalue weighted by Crippen LogP contribution is 2.29. The van der Waals surface area contributed by atoms with Gasteiger partial charge in [-0.3, -0.25) is 9.97 Å². The van der Waals surface area contributed by atoms with Crippen LogP contribution in [0.3, 0.4) is 0 Å². The average Bonchev–Trinajstić information content (AvgIpc) is 2.73. The Labute approximate surface area is 97.7 Å². The van der Waals surface area contributed by atoms with Gasteiger partial charge in [-0.1, -0.05) is 13.3 Å². The molecule has 3 nitrogen and oxygen atoms in total. The summed E-state index contributed by atoms with van der Waals surface area (Å²) in [5.74, 6) is 1.77. The fourth-order valence-corrected chi connectivity index (χ4v) is 2.49. The van der Waals surface area contributed by atoms with Crippen molar-refractivity contribution in [3.63, 3.8) is 0 Å². The summed E-state index contributed by atoms with van der Waals surface area (Å²) in [7, 11) is 0. The molecule has 2 rings (SSSR count). The van der Waals surface area contributed by atoms with Gasteiger partial charge in [0.1, 0.15) is 0 Å². The van der Waals surface area contributed by atoms with Crippen LogP contribution in [0.15, 0.2) is 18.6 Å². The first-order valence-corrected chi connectivity index (χ1v) is 6.25. The first-order valence-electron chi connectivity index (χ1n) is 6.25. The first kappa shape index (κ1) is 11.5. The van der Waals surface area contributed by atoms with Crippen molar-refractivity contribution in [1.82, 2.24) is 15.3 Å². The predicted octanol–water partition coefficient (Wildman–Crippen LogP) is 2.56. The molecule has 88 valence electrons. The molecule has 1 saturated carbocycles. The highest BCUT2D eigenvalue weighted by molar-refractivity contribution is 5.00. The van der Waals surface area contributed by atoms with Gasteiger partial charge in [-0.05, 0) is 38.1 Å². The number of rotatable bonds is 4. The molecular weight excluding hydrogens is 198 g/mol. The third-order valence-electron chi connectivity index (χ3n) is 3.54. The van der Waals surface area contributed by atoms with Gasteiger partial charge in [0.15, 0.2) is 0 Å². The van der Waals surface area contributed by atoms with E-state index in [0.29, 0.717) is 6.04 Å². The Kier molecular flexibility index (Phi) is 3.88. The van der Waals surface area contributed by atoms with Gasteiger partial charge in [-0.25, -0.2) is 0 Å². The second-order valence-electron chi connectivity index (χ2n) is 5.04. The number of nitrogens with zero attached hydrogens (tertiary/aromatic N) is 2. The molecule has 0 amide bonds. The van der Waals surface area contributed by atoms with Gasteiger partial charge in [0.25, 0.3) is 0 Å². The SMILES string of the molecule is CC1CCC(CNC(C)c2cnccn2)C1. The minimum atomic E-state index is 0.310. The normalized spacial score (nSPS) is 26.9. The van der Waals surface area contributed by atoms with Crippen molar-refractivity contribution in [1.29, 1.82) is 0 Å². The lowest BCUT2D eigenvalue weighted by atomic mass is 10.1. The van der Waals surface area contributed by atoms with E-state index in [9.17, 15) is 0 Å². The molecule has 3 unspecified atom stereocenters. The van der Waals surface area contributed by atoms with Gasteiger partial charge >= 0.3 is 0 Å². The van der Waals surface area contributed by atoms with E-state index in [1.165, 1.54) is 19.3 Å². The molecule has 1 N–H and O–H groups in total. The molecule has 0 radical (unpaired) electrons. The van der Waals surface area contributed by atoms with E-state index >= 15 is 0 Å². The Balaban J connectivity index is 1.78. The fraction of sp³-hybridized carbons (Fsp3) is 0.692. The van der Waals surface area contributed by atoms with Crippen LogP contribution < -0.4 is 5.32 Å². The van der Waals surface area contributed by atoms with Crippen molar-refractivity contribution in [2.75, 3.05) is 6.54 Å². The van der Waals surface area contributed by atoms with Gasteiger partial charge in [0.2, 0.25) is 0 Å². The van der Waals surface area contributed by atoms with Crippen molar-refractivity contribution in [3.05, 3.63) is 24.3 Å². The van der Waals surface area contributed by atoms with Gasteiger partial charge in [-0.2, -0.15) is 0 Å². The molecule has 0 aromatic carbocycles. The highest BCUT2D eigenvalue weighted by Gasteiger charge is 2.21. The largest absolute Gasteiger partial charge is 0.309 e. The number of nitrogens with one attached hydrogen (secondary N) is 1. The smallest absolute Gasteiger partial charge is 0.0753 e. The third kappa shape index (κ3) is 3.01. The molecule has 16 heavy (non-hydrogen) atoms. The molecule has 1 aliphatic rings. The number of hydrogen-bond donors (Lipinski definition) is 1. The van der Waals surface area contributed by atoms with E-state index in [1.807, 2.05) is 6.20 Å². The number of hydrogen-bond acceptors (Lipinski definition) is 3. The lowest BCUT2D eigenvalue weighted by molar-refractivity contribution is 0.436. The molecule has 1 fully saturated rings. The lowest BCUT2D eigenvalue weighted by Crippen LogP contribution is -2.25. The monoisotopic (exact) mass is 219 g/mol. The maximum atomic E-state index is 4.31. The van der Waals surface area contributed by atoms with Crippen LogP contribution in [0.5, 0.6) is 0 Å². The summed E-state index contributed by atoms with van der Waals surface area (Å²) in [5, 5.41) is 3.56. The summed E-state index contributed by atoms with van der Waals surface area (Å²) in [5.41, 5.74) is 1.04. The second kappa shape index (κ2) is 5.39. The molecule has 3 atom stereocenters. The van der Waals surface area contributed by atoms with Crippen LogP contribution in [-0.4, -0.2) is 16.5 Å². The Hall–Kier alpha value is -0.960. The fourth-order valence-electron chi connectivity index (χ4n) is 2.49. The van der Waals surface area contributed by atoms with Crippen LogP contribution in [0.25, 0.3) is 0 Å². The summed E-state index contributed by atoms with van der Waals surface area (Å²) >= 11 is 0. The van der Waals surface area contributed by atoms with E-state index in [4.69, 9.17) is 0 Å². The molecule has 1 aliphatic carbocycles. The van der Waals surface area contributed by atoms with Gasteiger partial charge in [0.05, 0.1) is 5.69 Å². The predicted molar refractivity (Wildman–Crippen MR) is 65.0 cm³/mol. The van der Waals surface area contributed by atoms with E-state index in [0.717, 1.165) is 24.1 Å². The van der Waals surface area contributed by atoms with Gasteiger partial charge in [0, 0.05) is 24.6 Å². The Morgan fingerprint density at radius 2 is 2.31 bits per heavy atom. The summed E-state index contributed by atoms with van der Waals surface area (Å²) < 4.78 is 0. The Morgan fingerprint density at radius 3 is 2.94 bits per heavy atom. The van der Waals surface area contributed by atoms with Crippen molar-refractivity contribution in [2.45, 2.75) is 39.2 Å². The molecule has 0 bridgehead atoms. The van der Waals surface area contributed by atoms with Crippen molar-refractivity contribution >= 4 is 0 Å². The maximum absolute atomic E-state index is 4.31. The van der Waals surface area contributed by atoms with Gasteiger partial charge in [-0.15, -0.1) is 0 Å². The molecule has 1 aromatic rings. The molecule has 0 spiro atoms. The highest BCUT2D eigenvalue weighted by atomic mass is 14.9. The van der Waals surface area contributed by atoms with Crippen LogP contribution in [0.2, 0.25) is 0 Å². The van der Waals surface area contributed by atoms with Crippen molar-refractivity contribution in [3.8, 4) is 0 Å². The molecule has 1 aromatic heterocycles. The molecule has 0 saturated heterocycles. The average molecular weight is 219 g/mol. The van der Waals surface area contributed by atoms with E-state index in [-0.39, 0.29) is 0 Å². The quantitative estimate of drug-likeness (QED) is 0.845. The van der Waals surface area contributed by atoms with Crippen molar-refractivity contribution < 1.29 is 0 Å². The second-order valence-corrected chi connectivity index (χ2v) is 5.04. The van der Waals surface area contributed by atoms with Crippen LogP contribution >= 0.6 is 0 Å². The molecule has 3 heteroatoms. The third-order valence-corrected chi connectivity index (χ3v) is 3.54. The summed E-state index contributed by atoms with van der Waals surface area (Å²) in [4.78, 5) is 8.41. The first-order chi connectivity index (χ1) is 7.75. The molecular formula is C13H21N3. The van der Waals surface area contributed by atoms with Crippen molar-refractivity contribution in [2.24, 2.45) is 11.8 Å². The summed E-state index contributed by atoms with van der Waals surface area (Å²) in [6.07, 6.45) is 9.46. The van der Waals surface area contributed by atoms with E-state index in [1.54, 1.807) is 12.4 Å². The number of aromatic nitrogens is 2. The minimum absolute atomic E-state index is 0.310. The van der Waals surface area contributed by atoms with Gasteiger partial charge < -0.3 is 5.32 Å². The zero-order valence-corrected chi connectivity index (χ0v) is 10.2. The molecule has 0 aliphatic heterocycles. The minimum Gasteiger partial charge on any atom is -0.309 e. The van der Waals surface area contributed by atoms with Crippen LogP contribution in [0, 0.1) is 11.8 Å². The van der Waals surface area contributed by atoms with E-state index in [2.05, 4.69) is 29.1 Å². The van der Waals surface area contributed by atoms with Crippen LogP contribution in [-0.2, 0) is 0 Å².